The molecule has 0 saturated carbocycles. The lowest BCUT2D eigenvalue weighted by Crippen LogP contribution is -2.49. The Morgan fingerprint density at radius 3 is 2.78 bits per heavy atom. The second-order valence-electron chi connectivity index (χ2n) is 7.69. The molecule has 2 aliphatic heterocycles. The van der Waals surface area contributed by atoms with E-state index in [0.717, 1.165) is 32.1 Å². The van der Waals surface area contributed by atoms with Crippen LogP contribution in [0.2, 0.25) is 0 Å². The van der Waals surface area contributed by atoms with Crippen molar-refractivity contribution < 1.29 is 9.42 Å². The van der Waals surface area contributed by atoms with Gasteiger partial charge in [0, 0.05) is 24.7 Å². The molecule has 1 N–H and O–H groups in total. The Morgan fingerprint density at radius 2 is 2.04 bits per heavy atom. The Morgan fingerprint density at radius 1 is 1.22 bits per heavy atom. The molecule has 0 spiro atoms. The van der Waals surface area contributed by atoms with Gasteiger partial charge in [-0.05, 0) is 43.5 Å². The van der Waals surface area contributed by atoms with Gasteiger partial charge in [-0.25, -0.2) is 0 Å². The number of fused-ring (bicyclic) bond motifs is 1. The number of H-pyrrole nitrogens is 1. The van der Waals surface area contributed by atoms with Crippen molar-refractivity contribution in [1.29, 1.82) is 0 Å². The van der Waals surface area contributed by atoms with Crippen LogP contribution in [0.15, 0.2) is 39.8 Å². The van der Waals surface area contributed by atoms with Crippen LogP contribution in [0, 0.1) is 0 Å². The predicted molar refractivity (Wildman–Crippen MR) is 101 cm³/mol. The van der Waals surface area contributed by atoms with E-state index in [1.54, 1.807) is 0 Å². The summed E-state index contributed by atoms with van der Waals surface area (Å²) in [5.74, 6) is -0.310. The minimum atomic E-state index is -0.550. The average molecular weight is 370 g/mol. The Hall–Kier alpha value is -2.41. The molecule has 2 aromatic rings. The van der Waals surface area contributed by atoms with Gasteiger partial charge in [0.2, 0.25) is 5.69 Å². The summed E-state index contributed by atoms with van der Waals surface area (Å²) in [6.45, 7) is 0.665. The fourth-order valence-corrected chi connectivity index (χ4v) is 4.69. The Balaban J connectivity index is 1.59. The van der Waals surface area contributed by atoms with E-state index >= 15 is 0 Å². The fraction of sp³-hybridized carbons (Fsp3) is 0.550. The van der Waals surface area contributed by atoms with Gasteiger partial charge in [0.1, 0.15) is 0 Å². The Bertz CT molecular complexity index is 831. The molecule has 2 fully saturated rings. The number of hydrogen-bond acceptors (Lipinski definition) is 5. The Labute approximate surface area is 158 Å². The van der Waals surface area contributed by atoms with Gasteiger partial charge in [0.15, 0.2) is 0 Å². The number of aromatic nitrogens is 2. The van der Waals surface area contributed by atoms with Crippen LogP contribution in [0.3, 0.4) is 0 Å². The largest absolute Gasteiger partial charge is 0.332 e. The van der Waals surface area contributed by atoms with Crippen molar-refractivity contribution in [3.05, 3.63) is 51.9 Å². The quantitative estimate of drug-likeness (QED) is 0.894. The molecule has 2 saturated heterocycles. The smallest absolute Gasteiger partial charge is 0.313 e. The summed E-state index contributed by atoms with van der Waals surface area (Å²) >= 11 is 0. The zero-order valence-electron chi connectivity index (χ0n) is 15.6. The molecule has 3 atom stereocenters. The number of nitrogens with one attached hydrogen (secondary N) is 1. The number of rotatable bonds is 3. The lowest BCUT2D eigenvalue weighted by molar-refractivity contribution is 0.0589. The van der Waals surface area contributed by atoms with Gasteiger partial charge in [-0.2, -0.15) is 5.16 Å². The molecule has 0 unspecified atom stereocenters. The molecule has 2 aliphatic rings. The first-order valence-electron chi connectivity index (χ1n) is 9.76. The van der Waals surface area contributed by atoms with Gasteiger partial charge in [0.25, 0.3) is 5.91 Å². The fourth-order valence-electron chi connectivity index (χ4n) is 4.69. The highest BCUT2D eigenvalue weighted by molar-refractivity contribution is 5.92. The van der Waals surface area contributed by atoms with E-state index in [0.29, 0.717) is 18.6 Å². The highest BCUT2D eigenvalue weighted by Crippen LogP contribution is 2.34. The van der Waals surface area contributed by atoms with E-state index in [9.17, 15) is 9.59 Å². The van der Waals surface area contributed by atoms with Crippen LogP contribution in [0.4, 0.5) is 0 Å². The monoisotopic (exact) mass is 370 g/mol. The lowest BCUT2D eigenvalue weighted by Gasteiger charge is -2.36. The van der Waals surface area contributed by atoms with Gasteiger partial charge >= 0.3 is 5.56 Å². The summed E-state index contributed by atoms with van der Waals surface area (Å²) < 4.78 is 4.60. The molecule has 0 bridgehead atoms. The van der Waals surface area contributed by atoms with Gasteiger partial charge in [-0.15, -0.1) is 0 Å². The molecule has 0 aliphatic carbocycles. The molecule has 1 amide bonds. The summed E-state index contributed by atoms with van der Waals surface area (Å²) in [5.41, 5.74) is 0.628. The summed E-state index contributed by atoms with van der Waals surface area (Å²) in [6, 6.07) is 11.3. The number of aromatic amines is 1. The minimum Gasteiger partial charge on any atom is -0.332 e. The zero-order valence-corrected chi connectivity index (χ0v) is 15.6. The molecular formula is C20H26N4O3. The van der Waals surface area contributed by atoms with Crippen LogP contribution < -0.4 is 5.56 Å². The van der Waals surface area contributed by atoms with E-state index in [2.05, 4.69) is 51.2 Å². The van der Waals surface area contributed by atoms with Crippen molar-refractivity contribution in [1.82, 2.24) is 20.1 Å². The molecule has 3 heterocycles. The van der Waals surface area contributed by atoms with Crippen LogP contribution >= 0.6 is 0 Å². The van der Waals surface area contributed by atoms with Crippen LogP contribution in [-0.4, -0.2) is 57.7 Å². The van der Waals surface area contributed by atoms with E-state index in [1.807, 2.05) is 11.0 Å². The number of likely N-dealkylation sites (N-methyl/N-ethyl adjacent to an activating group) is 1. The van der Waals surface area contributed by atoms with Gasteiger partial charge in [0.05, 0.1) is 0 Å². The molecule has 7 nitrogen and oxygen atoms in total. The van der Waals surface area contributed by atoms with Crippen molar-refractivity contribution in [3.8, 4) is 0 Å². The number of benzene rings is 1. The predicted octanol–water partition coefficient (Wildman–Crippen LogP) is 2.06. The molecule has 1 aromatic heterocycles. The van der Waals surface area contributed by atoms with Crippen LogP contribution in [0.25, 0.3) is 0 Å². The summed E-state index contributed by atoms with van der Waals surface area (Å²) in [7, 11) is 2.17. The van der Waals surface area contributed by atoms with Gasteiger partial charge in [-0.1, -0.05) is 43.2 Å². The van der Waals surface area contributed by atoms with E-state index in [-0.39, 0.29) is 17.6 Å². The second kappa shape index (κ2) is 7.68. The maximum atomic E-state index is 13.0. The highest BCUT2D eigenvalue weighted by atomic mass is 16.6. The van der Waals surface area contributed by atoms with Crippen LogP contribution in [-0.2, 0) is 6.42 Å². The number of nitrogens with zero attached hydrogens (tertiary/aromatic N) is 3. The third-order valence-electron chi connectivity index (χ3n) is 6.12. The third kappa shape index (κ3) is 3.56. The van der Waals surface area contributed by atoms with Gasteiger partial charge in [-0.3, -0.25) is 19.1 Å². The molecular weight excluding hydrogens is 344 g/mol. The molecule has 144 valence electrons. The van der Waals surface area contributed by atoms with Crippen LogP contribution in [0.5, 0.6) is 0 Å². The van der Waals surface area contributed by atoms with E-state index in [1.165, 1.54) is 12.0 Å². The first-order valence-corrected chi connectivity index (χ1v) is 9.76. The summed E-state index contributed by atoms with van der Waals surface area (Å²) in [4.78, 5) is 29.2. The molecule has 1 aromatic carbocycles. The van der Waals surface area contributed by atoms with Crippen molar-refractivity contribution in [2.24, 2.45) is 0 Å². The van der Waals surface area contributed by atoms with Crippen molar-refractivity contribution >= 4 is 5.91 Å². The number of likely N-dealkylation sites (tertiary alicyclic amines) is 2. The van der Waals surface area contributed by atoms with Gasteiger partial charge < -0.3 is 4.90 Å². The molecule has 7 heteroatoms. The number of hydrogen-bond donors (Lipinski definition) is 1. The summed E-state index contributed by atoms with van der Waals surface area (Å²) in [6.07, 6.45) is 6.19. The van der Waals surface area contributed by atoms with E-state index < -0.39 is 5.56 Å². The van der Waals surface area contributed by atoms with Crippen LogP contribution in [0.1, 0.15) is 48.2 Å². The number of carbonyl (C=O) groups is 1. The summed E-state index contributed by atoms with van der Waals surface area (Å²) in [5, 5.41) is 5.74. The maximum absolute atomic E-state index is 13.0. The molecule has 4 rings (SSSR count). The second-order valence-corrected chi connectivity index (χ2v) is 7.69. The lowest BCUT2D eigenvalue weighted by atomic mass is 9.95. The highest BCUT2D eigenvalue weighted by Gasteiger charge is 2.44. The first kappa shape index (κ1) is 18.0. The first-order chi connectivity index (χ1) is 13.1. The number of amides is 1. The normalized spacial score (nSPS) is 26.4. The van der Waals surface area contributed by atoms with Crippen molar-refractivity contribution in [3.63, 3.8) is 0 Å². The van der Waals surface area contributed by atoms with Crippen molar-refractivity contribution in [2.45, 2.75) is 56.7 Å². The van der Waals surface area contributed by atoms with E-state index in [4.69, 9.17) is 0 Å². The number of carbonyl (C=O) groups excluding carboxylic acids is 1. The Kier molecular flexibility index (Phi) is 5.11. The average Bonchev–Trinajstić information content (AvgIpc) is 3.20. The SMILES string of the molecule is CN1[C@H](Cc2ccccc2)C[C@H]2[C@H]1CCCCCN2C(=O)c1no[nH]c1=O. The molecule has 0 radical (unpaired) electrons. The molecule has 27 heavy (non-hydrogen) atoms. The topological polar surface area (TPSA) is 82.4 Å². The minimum absolute atomic E-state index is 0.104. The van der Waals surface area contributed by atoms with Crippen molar-refractivity contribution in [2.75, 3.05) is 13.6 Å². The standard InChI is InChI=1S/C20H26N4O3/c1-23-15(12-14-8-4-2-5-9-14)13-17-16(23)10-6-3-7-11-24(17)20(26)18-19(25)22-27-21-18/h2,4-5,8-9,15-17H,3,6-7,10-13H2,1H3,(H,22,25)/t15-,16-,17+/m1/s1. The maximum Gasteiger partial charge on any atom is 0.313 e. The third-order valence-corrected chi connectivity index (χ3v) is 6.12. The zero-order chi connectivity index (χ0) is 18.8.